The lowest BCUT2D eigenvalue weighted by atomic mass is 10.2. The van der Waals surface area contributed by atoms with E-state index in [1.165, 1.54) is 24.3 Å². The number of rotatable bonds is 8. The summed E-state index contributed by atoms with van der Waals surface area (Å²) in [5.41, 5.74) is 0.158. The van der Waals surface area contributed by atoms with Gasteiger partial charge in [0.1, 0.15) is 19.0 Å². The normalized spacial score (nSPS) is 11.1. The molecule has 0 atom stereocenters. The summed E-state index contributed by atoms with van der Waals surface area (Å²) in [6.07, 6.45) is 0. The highest BCUT2D eigenvalue weighted by molar-refractivity contribution is 7.89. The molecule has 0 saturated carbocycles. The van der Waals surface area contributed by atoms with Gasteiger partial charge in [0.2, 0.25) is 10.0 Å². The van der Waals surface area contributed by atoms with Crippen molar-refractivity contribution >= 4 is 27.6 Å². The zero-order valence-electron chi connectivity index (χ0n) is 13.6. The molecule has 0 radical (unpaired) electrons. The van der Waals surface area contributed by atoms with Gasteiger partial charge in [-0.25, -0.2) is 17.9 Å². The quantitative estimate of drug-likeness (QED) is 0.560. The fourth-order valence-electron chi connectivity index (χ4n) is 1.97. The maximum atomic E-state index is 12.0. The molecule has 0 aliphatic rings. The first-order valence-electron chi connectivity index (χ1n) is 7.57. The fourth-order valence-corrected chi connectivity index (χ4v) is 3.18. The van der Waals surface area contributed by atoms with E-state index in [-0.39, 0.29) is 30.2 Å². The molecule has 0 unspecified atom stereocenters. The average molecular weight is 384 g/mol. The maximum absolute atomic E-state index is 12.0. The second kappa shape index (κ2) is 8.84. The van der Waals surface area contributed by atoms with Crippen molar-refractivity contribution in [3.63, 3.8) is 0 Å². The van der Waals surface area contributed by atoms with Crippen LogP contribution >= 0.6 is 11.6 Å². The van der Waals surface area contributed by atoms with Crippen LogP contribution in [0.15, 0.2) is 53.4 Å². The van der Waals surface area contributed by atoms with Crippen LogP contribution in [-0.2, 0) is 14.8 Å². The Balaban J connectivity index is 1.89. The van der Waals surface area contributed by atoms with Gasteiger partial charge in [0, 0.05) is 11.6 Å². The summed E-state index contributed by atoms with van der Waals surface area (Å²) in [7, 11) is -3.62. The molecule has 0 aliphatic heterocycles. The molecule has 0 spiro atoms. The van der Waals surface area contributed by atoms with Crippen LogP contribution in [0.25, 0.3) is 0 Å². The van der Waals surface area contributed by atoms with Crippen molar-refractivity contribution in [1.29, 1.82) is 0 Å². The van der Waals surface area contributed by atoms with Crippen molar-refractivity contribution < 1.29 is 22.7 Å². The van der Waals surface area contributed by atoms with Crippen LogP contribution in [0.3, 0.4) is 0 Å². The first-order valence-corrected chi connectivity index (χ1v) is 9.43. The molecule has 2 aromatic carbocycles. The summed E-state index contributed by atoms with van der Waals surface area (Å²) in [6, 6.07) is 12.5. The van der Waals surface area contributed by atoms with Crippen LogP contribution in [-0.4, -0.2) is 34.1 Å². The number of ether oxygens (including phenoxy) is 2. The molecule has 0 aliphatic carbocycles. The minimum absolute atomic E-state index is 0.0150. The summed E-state index contributed by atoms with van der Waals surface area (Å²) in [6.45, 7) is 2.14. The third-order valence-electron chi connectivity index (χ3n) is 3.11. The first-order chi connectivity index (χ1) is 11.9. The minimum Gasteiger partial charge on any atom is -0.490 e. The van der Waals surface area contributed by atoms with E-state index in [4.69, 9.17) is 21.1 Å². The number of halogens is 1. The number of benzene rings is 2. The molecule has 0 heterocycles. The third kappa shape index (κ3) is 5.74. The van der Waals surface area contributed by atoms with Crippen LogP contribution in [0.5, 0.6) is 5.75 Å². The van der Waals surface area contributed by atoms with Gasteiger partial charge in [-0.3, -0.25) is 0 Å². The highest BCUT2D eigenvalue weighted by Crippen LogP contribution is 2.15. The molecule has 6 nitrogen and oxygen atoms in total. The molecule has 25 heavy (non-hydrogen) atoms. The summed E-state index contributed by atoms with van der Waals surface area (Å²) >= 11 is 5.77. The van der Waals surface area contributed by atoms with Crippen molar-refractivity contribution in [2.75, 3.05) is 19.8 Å². The standard InChI is InChI=1S/C17H18ClNO5S/c1-2-19-25(21,22)16-5-3-4-13(12-16)17(20)24-11-10-23-15-8-6-14(18)7-9-15/h3-9,12,19H,2,10-11H2,1H3. The summed E-state index contributed by atoms with van der Waals surface area (Å²) in [5, 5.41) is 0.603. The second-order valence-corrected chi connectivity index (χ2v) is 7.17. The summed E-state index contributed by atoms with van der Waals surface area (Å²) in [4.78, 5) is 12.0. The second-order valence-electron chi connectivity index (χ2n) is 4.97. The van der Waals surface area contributed by atoms with Gasteiger partial charge in [-0.2, -0.15) is 0 Å². The van der Waals surface area contributed by atoms with E-state index in [0.717, 1.165) is 0 Å². The SMILES string of the molecule is CCNS(=O)(=O)c1cccc(C(=O)OCCOc2ccc(Cl)cc2)c1. The van der Waals surface area contributed by atoms with E-state index in [1.807, 2.05) is 0 Å². The van der Waals surface area contributed by atoms with Crippen LogP contribution in [0.4, 0.5) is 0 Å². The topological polar surface area (TPSA) is 81.7 Å². The predicted molar refractivity (Wildman–Crippen MR) is 94.5 cm³/mol. The molecule has 0 amide bonds. The largest absolute Gasteiger partial charge is 0.490 e. The van der Waals surface area contributed by atoms with E-state index >= 15 is 0 Å². The number of nitrogens with one attached hydrogen (secondary N) is 1. The molecular formula is C17H18ClNO5S. The van der Waals surface area contributed by atoms with Crippen molar-refractivity contribution in [1.82, 2.24) is 4.72 Å². The zero-order valence-corrected chi connectivity index (χ0v) is 15.1. The molecular weight excluding hydrogens is 366 g/mol. The Morgan fingerprint density at radius 2 is 1.84 bits per heavy atom. The fraction of sp³-hybridized carbons (Fsp3) is 0.235. The van der Waals surface area contributed by atoms with Crippen molar-refractivity contribution in [3.8, 4) is 5.75 Å². The lowest BCUT2D eigenvalue weighted by molar-refractivity contribution is 0.0450. The molecule has 0 fully saturated rings. The summed E-state index contributed by atoms with van der Waals surface area (Å²) < 4.78 is 36.8. The third-order valence-corrected chi connectivity index (χ3v) is 4.91. The molecule has 0 saturated heterocycles. The van der Waals surface area contributed by atoms with Gasteiger partial charge in [-0.1, -0.05) is 24.6 Å². The van der Waals surface area contributed by atoms with Crippen molar-refractivity contribution in [2.24, 2.45) is 0 Å². The number of carbonyl (C=O) groups excluding carboxylic acids is 1. The minimum atomic E-state index is -3.62. The monoisotopic (exact) mass is 383 g/mol. The Hall–Kier alpha value is -2.09. The number of esters is 1. The Bertz CT molecular complexity index is 821. The first kappa shape index (κ1) is 19.2. The Morgan fingerprint density at radius 1 is 1.12 bits per heavy atom. The zero-order chi connectivity index (χ0) is 18.3. The smallest absolute Gasteiger partial charge is 0.338 e. The van der Waals surface area contributed by atoms with Gasteiger partial charge >= 0.3 is 5.97 Å². The van der Waals surface area contributed by atoms with Gasteiger partial charge in [0.25, 0.3) is 0 Å². The Morgan fingerprint density at radius 3 is 2.52 bits per heavy atom. The van der Waals surface area contributed by atoms with Crippen molar-refractivity contribution in [3.05, 3.63) is 59.1 Å². The van der Waals surface area contributed by atoms with Crippen LogP contribution in [0, 0.1) is 0 Å². The van der Waals surface area contributed by atoms with Crippen LogP contribution < -0.4 is 9.46 Å². The lowest BCUT2D eigenvalue weighted by Gasteiger charge is -2.09. The lowest BCUT2D eigenvalue weighted by Crippen LogP contribution is -2.23. The van der Waals surface area contributed by atoms with Gasteiger partial charge in [0.15, 0.2) is 0 Å². The van der Waals surface area contributed by atoms with Gasteiger partial charge < -0.3 is 9.47 Å². The Labute approximate surface area is 151 Å². The maximum Gasteiger partial charge on any atom is 0.338 e. The molecule has 134 valence electrons. The van der Waals surface area contributed by atoms with Gasteiger partial charge in [0.05, 0.1) is 10.5 Å². The number of carbonyl (C=O) groups is 1. The molecule has 0 bridgehead atoms. The van der Waals surface area contributed by atoms with Crippen LogP contribution in [0.2, 0.25) is 5.02 Å². The Kier molecular flexibility index (Phi) is 6.81. The highest BCUT2D eigenvalue weighted by atomic mass is 35.5. The molecule has 0 aromatic heterocycles. The molecule has 2 aromatic rings. The highest BCUT2D eigenvalue weighted by Gasteiger charge is 2.15. The average Bonchev–Trinajstić information content (AvgIpc) is 2.60. The van der Waals surface area contributed by atoms with E-state index in [2.05, 4.69) is 4.72 Å². The molecule has 8 heteroatoms. The van der Waals surface area contributed by atoms with Gasteiger partial charge in [-0.15, -0.1) is 0 Å². The number of sulfonamides is 1. The van der Waals surface area contributed by atoms with E-state index in [1.54, 1.807) is 31.2 Å². The van der Waals surface area contributed by atoms with E-state index in [0.29, 0.717) is 10.8 Å². The number of hydrogen-bond acceptors (Lipinski definition) is 5. The summed E-state index contributed by atoms with van der Waals surface area (Å²) in [5.74, 6) is -0.00701. The molecule has 1 N–H and O–H groups in total. The number of hydrogen-bond donors (Lipinski definition) is 1. The van der Waals surface area contributed by atoms with E-state index < -0.39 is 16.0 Å². The predicted octanol–water partition coefficient (Wildman–Crippen LogP) is 2.87. The van der Waals surface area contributed by atoms with Crippen LogP contribution in [0.1, 0.15) is 17.3 Å². The van der Waals surface area contributed by atoms with Gasteiger partial charge in [-0.05, 0) is 42.5 Å². The van der Waals surface area contributed by atoms with E-state index in [9.17, 15) is 13.2 Å². The van der Waals surface area contributed by atoms with Crippen molar-refractivity contribution in [2.45, 2.75) is 11.8 Å². The molecule has 2 rings (SSSR count).